The number of methoxy groups -OCH3 is 1. The van der Waals surface area contributed by atoms with Gasteiger partial charge in [-0.25, -0.2) is 0 Å². The Hall–Kier alpha value is -2.68. The molecule has 1 heterocycles. The van der Waals surface area contributed by atoms with Crippen molar-refractivity contribution in [3.63, 3.8) is 0 Å². The second kappa shape index (κ2) is 9.21. The van der Waals surface area contributed by atoms with Crippen LogP contribution in [0.1, 0.15) is 18.6 Å². The highest BCUT2D eigenvalue weighted by Gasteiger charge is 2.29. The van der Waals surface area contributed by atoms with Crippen LogP contribution in [0.25, 0.3) is 0 Å². The number of halogens is 1. The number of amides is 1. The van der Waals surface area contributed by atoms with Gasteiger partial charge in [0, 0.05) is 30.2 Å². The van der Waals surface area contributed by atoms with Crippen LogP contribution in [0.3, 0.4) is 0 Å². The normalized spacial score (nSPS) is 18.1. The minimum atomic E-state index is -0.517. The van der Waals surface area contributed by atoms with Crippen LogP contribution in [0.2, 0.25) is 5.02 Å². The van der Waals surface area contributed by atoms with Crippen molar-refractivity contribution in [2.75, 3.05) is 32.1 Å². The summed E-state index contributed by atoms with van der Waals surface area (Å²) in [6.45, 7) is 3.43. The Morgan fingerprint density at radius 1 is 1.34 bits per heavy atom. The zero-order chi connectivity index (χ0) is 21.0. The third-order valence-corrected chi connectivity index (χ3v) is 5.17. The fourth-order valence-corrected chi connectivity index (χ4v) is 3.34. The van der Waals surface area contributed by atoms with Crippen LogP contribution < -0.4 is 10.1 Å². The third kappa shape index (κ3) is 5.03. The first-order chi connectivity index (χ1) is 13.9. The van der Waals surface area contributed by atoms with Gasteiger partial charge in [-0.2, -0.15) is 0 Å². The molecule has 1 aliphatic rings. The van der Waals surface area contributed by atoms with Crippen molar-refractivity contribution in [2.24, 2.45) is 0 Å². The topological polar surface area (TPSA) is 93.9 Å². The van der Waals surface area contributed by atoms with Crippen LogP contribution >= 0.6 is 11.6 Å². The summed E-state index contributed by atoms with van der Waals surface area (Å²) in [6.07, 6.45) is -0.163. The molecule has 0 bridgehead atoms. The smallest absolute Gasteiger partial charge is 0.271 e. The first-order valence-corrected chi connectivity index (χ1v) is 9.51. The number of hydrogen-bond donors (Lipinski definition) is 1. The van der Waals surface area contributed by atoms with E-state index in [0.29, 0.717) is 30.5 Å². The van der Waals surface area contributed by atoms with Gasteiger partial charge in [-0.1, -0.05) is 23.7 Å². The molecule has 8 nitrogen and oxygen atoms in total. The predicted molar refractivity (Wildman–Crippen MR) is 109 cm³/mol. The van der Waals surface area contributed by atoms with Gasteiger partial charge in [0.15, 0.2) is 0 Å². The van der Waals surface area contributed by atoms with Crippen LogP contribution in [-0.4, -0.2) is 48.6 Å². The van der Waals surface area contributed by atoms with E-state index in [4.69, 9.17) is 21.1 Å². The van der Waals surface area contributed by atoms with E-state index in [9.17, 15) is 14.9 Å². The summed E-state index contributed by atoms with van der Waals surface area (Å²) in [5.41, 5.74) is 1.14. The summed E-state index contributed by atoms with van der Waals surface area (Å²) in [4.78, 5) is 25.3. The molecule has 154 valence electrons. The molecule has 0 radical (unpaired) electrons. The van der Waals surface area contributed by atoms with Crippen molar-refractivity contribution in [1.29, 1.82) is 0 Å². The highest BCUT2D eigenvalue weighted by molar-refractivity contribution is 6.30. The first kappa shape index (κ1) is 21.0. The third-order valence-electron chi connectivity index (χ3n) is 4.92. The number of ether oxygens (including phenoxy) is 2. The minimum Gasteiger partial charge on any atom is -0.495 e. The largest absolute Gasteiger partial charge is 0.495 e. The standard InChI is InChI=1S/C20H22ClN3O5/c1-13(20(25)22-17-11-16(24(26)27)7-8-18(17)28-2)23-9-10-29-19(12-23)14-3-5-15(21)6-4-14/h3-8,11,13,19H,9-10,12H2,1-2H3,(H,22,25)/t13-,19+/m0/s1. The summed E-state index contributed by atoms with van der Waals surface area (Å²) in [5, 5.41) is 14.4. The maximum absolute atomic E-state index is 12.8. The monoisotopic (exact) mass is 419 g/mol. The van der Waals surface area contributed by atoms with Gasteiger partial charge in [0.25, 0.3) is 5.69 Å². The van der Waals surface area contributed by atoms with Gasteiger partial charge in [0.2, 0.25) is 5.91 Å². The average Bonchev–Trinajstić information content (AvgIpc) is 2.73. The first-order valence-electron chi connectivity index (χ1n) is 9.13. The number of nitro groups is 1. The van der Waals surface area contributed by atoms with Gasteiger partial charge in [0.05, 0.1) is 36.5 Å². The van der Waals surface area contributed by atoms with E-state index < -0.39 is 11.0 Å². The van der Waals surface area contributed by atoms with Crippen LogP contribution in [0.15, 0.2) is 42.5 Å². The molecule has 0 aliphatic carbocycles. The number of benzene rings is 2. The van der Waals surface area contributed by atoms with E-state index >= 15 is 0 Å². The van der Waals surface area contributed by atoms with Gasteiger partial charge in [-0.3, -0.25) is 19.8 Å². The van der Waals surface area contributed by atoms with Crippen molar-refractivity contribution in [2.45, 2.75) is 19.1 Å². The van der Waals surface area contributed by atoms with Gasteiger partial charge < -0.3 is 14.8 Å². The van der Waals surface area contributed by atoms with Crippen molar-refractivity contribution >= 4 is 28.9 Å². The SMILES string of the molecule is COc1ccc([N+](=O)[O-])cc1NC(=O)[C@H](C)N1CCO[C@@H](c2ccc(Cl)cc2)C1. The van der Waals surface area contributed by atoms with E-state index in [-0.39, 0.29) is 23.4 Å². The molecule has 1 fully saturated rings. The number of carbonyl (C=O) groups excluding carboxylic acids is 1. The Bertz CT molecular complexity index is 890. The lowest BCUT2D eigenvalue weighted by Gasteiger charge is -2.36. The molecule has 2 atom stereocenters. The van der Waals surface area contributed by atoms with Crippen LogP contribution in [0.5, 0.6) is 5.75 Å². The van der Waals surface area contributed by atoms with E-state index in [2.05, 4.69) is 5.32 Å². The molecule has 2 aromatic rings. The summed E-state index contributed by atoms with van der Waals surface area (Å²) in [5.74, 6) is 0.0812. The predicted octanol–water partition coefficient (Wildman–Crippen LogP) is 3.66. The van der Waals surface area contributed by atoms with Gasteiger partial charge in [0.1, 0.15) is 5.75 Å². The van der Waals surface area contributed by atoms with E-state index in [1.807, 2.05) is 29.2 Å². The maximum Gasteiger partial charge on any atom is 0.271 e. The number of non-ortho nitro benzene ring substituents is 1. The zero-order valence-electron chi connectivity index (χ0n) is 16.1. The lowest BCUT2D eigenvalue weighted by Crippen LogP contribution is -2.48. The maximum atomic E-state index is 12.8. The van der Waals surface area contributed by atoms with Crippen molar-refractivity contribution in [3.05, 3.63) is 63.2 Å². The number of hydrogen-bond acceptors (Lipinski definition) is 6. The Kier molecular flexibility index (Phi) is 6.68. The highest BCUT2D eigenvalue weighted by atomic mass is 35.5. The molecule has 3 rings (SSSR count). The van der Waals surface area contributed by atoms with E-state index in [1.54, 1.807) is 6.92 Å². The molecule has 0 spiro atoms. The molecule has 1 aliphatic heterocycles. The number of anilines is 1. The average molecular weight is 420 g/mol. The number of nitrogens with zero attached hydrogens (tertiary/aromatic N) is 2. The molecule has 1 saturated heterocycles. The summed E-state index contributed by atoms with van der Waals surface area (Å²) in [6, 6.07) is 11.1. The molecule has 29 heavy (non-hydrogen) atoms. The Morgan fingerprint density at radius 3 is 2.72 bits per heavy atom. The van der Waals surface area contributed by atoms with E-state index in [0.717, 1.165) is 5.56 Å². The Balaban J connectivity index is 1.70. The van der Waals surface area contributed by atoms with Gasteiger partial charge in [-0.15, -0.1) is 0 Å². The number of nitro benzene ring substituents is 1. The van der Waals surface area contributed by atoms with Crippen molar-refractivity contribution in [1.82, 2.24) is 4.90 Å². The molecular formula is C20H22ClN3O5. The minimum absolute atomic E-state index is 0.122. The van der Waals surface area contributed by atoms with Gasteiger partial charge in [-0.05, 0) is 30.7 Å². The summed E-state index contributed by atoms with van der Waals surface area (Å²) >= 11 is 5.95. The molecule has 0 aromatic heterocycles. The second-order valence-corrected chi connectivity index (χ2v) is 7.15. The fraction of sp³-hybridized carbons (Fsp3) is 0.350. The van der Waals surface area contributed by atoms with Crippen molar-refractivity contribution < 1.29 is 19.2 Å². The van der Waals surface area contributed by atoms with Crippen molar-refractivity contribution in [3.8, 4) is 5.75 Å². The lowest BCUT2D eigenvalue weighted by molar-refractivity contribution is -0.384. The second-order valence-electron chi connectivity index (χ2n) is 6.71. The van der Waals surface area contributed by atoms with Crippen LogP contribution in [0, 0.1) is 10.1 Å². The van der Waals surface area contributed by atoms with Crippen LogP contribution in [-0.2, 0) is 9.53 Å². The Morgan fingerprint density at radius 2 is 2.07 bits per heavy atom. The molecule has 1 amide bonds. The molecule has 1 N–H and O–H groups in total. The molecular weight excluding hydrogens is 398 g/mol. The molecule has 2 aromatic carbocycles. The number of morpholine rings is 1. The number of carbonyl (C=O) groups is 1. The summed E-state index contributed by atoms with van der Waals surface area (Å²) < 4.78 is 11.1. The van der Waals surface area contributed by atoms with Gasteiger partial charge >= 0.3 is 0 Å². The van der Waals surface area contributed by atoms with Crippen LogP contribution in [0.4, 0.5) is 11.4 Å². The number of rotatable bonds is 6. The fourth-order valence-electron chi connectivity index (χ4n) is 3.21. The molecule has 0 unspecified atom stereocenters. The molecule has 9 heteroatoms. The highest BCUT2D eigenvalue weighted by Crippen LogP contribution is 2.30. The summed E-state index contributed by atoms with van der Waals surface area (Å²) in [7, 11) is 1.44. The number of nitrogens with one attached hydrogen (secondary N) is 1. The zero-order valence-corrected chi connectivity index (χ0v) is 16.9. The van der Waals surface area contributed by atoms with E-state index in [1.165, 1.54) is 25.3 Å². The quantitative estimate of drug-likeness (QED) is 0.567. The molecule has 0 saturated carbocycles. The lowest BCUT2D eigenvalue weighted by atomic mass is 10.1. The Labute approximate surface area is 173 Å².